The van der Waals surface area contributed by atoms with Crippen LogP contribution < -0.4 is 11.2 Å². The summed E-state index contributed by atoms with van der Waals surface area (Å²) in [5, 5.41) is 9.14. The number of amides is 1. The molecule has 2 atom stereocenters. The van der Waals surface area contributed by atoms with Gasteiger partial charge in [0.15, 0.2) is 0 Å². The second-order valence-corrected chi connectivity index (χ2v) is 7.21. The fraction of sp³-hybridized carbons (Fsp3) is 0.647. The van der Waals surface area contributed by atoms with Gasteiger partial charge >= 0.3 is 5.69 Å². The zero-order chi connectivity index (χ0) is 17.4. The fourth-order valence-corrected chi connectivity index (χ4v) is 3.55. The Hall–Kier alpha value is -2.36. The number of nitriles is 1. The number of hydrogen-bond acceptors (Lipinski definition) is 4. The lowest BCUT2D eigenvalue weighted by molar-refractivity contribution is -0.134. The normalized spacial score (nSPS) is 23.8. The van der Waals surface area contributed by atoms with Crippen LogP contribution in [-0.2, 0) is 11.3 Å². The van der Waals surface area contributed by atoms with E-state index in [1.807, 2.05) is 6.07 Å². The monoisotopic (exact) mass is 330 g/mol. The summed E-state index contributed by atoms with van der Waals surface area (Å²) in [5.41, 5.74) is -1.26. The van der Waals surface area contributed by atoms with E-state index in [-0.39, 0.29) is 24.1 Å². The summed E-state index contributed by atoms with van der Waals surface area (Å²) in [6, 6.07) is 1.88. The molecule has 1 aromatic rings. The Kier molecular flexibility index (Phi) is 4.31. The molecule has 1 aliphatic heterocycles. The van der Waals surface area contributed by atoms with E-state index in [2.05, 4.69) is 13.8 Å². The third-order valence-corrected chi connectivity index (χ3v) is 4.77. The van der Waals surface area contributed by atoms with Crippen molar-refractivity contribution in [2.24, 2.45) is 11.8 Å². The molecule has 0 spiro atoms. The number of aromatic nitrogens is 2. The summed E-state index contributed by atoms with van der Waals surface area (Å²) in [7, 11) is 0. The first-order valence-corrected chi connectivity index (χ1v) is 8.44. The third kappa shape index (κ3) is 3.14. The molecule has 2 fully saturated rings. The first-order valence-electron chi connectivity index (χ1n) is 8.44. The van der Waals surface area contributed by atoms with Crippen molar-refractivity contribution in [3.05, 3.63) is 32.6 Å². The molecule has 1 saturated carbocycles. The summed E-state index contributed by atoms with van der Waals surface area (Å²) in [5.74, 6) is 0.580. The SMILES string of the molecule is CC1CC(C)CN(C(=O)Cn2c(=O)c(C#N)cn(C3CC3)c2=O)C1. The van der Waals surface area contributed by atoms with Crippen molar-refractivity contribution in [2.75, 3.05) is 13.1 Å². The summed E-state index contributed by atoms with van der Waals surface area (Å²) in [6.07, 6.45) is 4.12. The van der Waals surface area contributed by atoms with E-state index >= 15 is 0 Å². The van der Waals surface area contributed by atoms with E-state index in [1.165, 1.54) is 10.8 Å². The molecule has 24 heavy (non-hydrogen) atoms. The number of nitrogens with zero attached hydrogens (tertiary/aromatic N) is 4. The Morgan fingerprint density at radius 3 is 2.42 bits per heavy atom. The number of piperidine rings is 1. The van der Waals surface area contributed by atoms with Gasteiger partial charge in [-0.1, -0.05) is 13.8 Å². The number of rotatable bonds is 3. The average Bonchev–Trinajstić information content (AvgIpc) is 3.35. The van der Waals surface area contributed by atoms with E-state index in [4.69, 9.17) is 5.26 Å². The minimum atomic E-state index is -0.675. The van der Waals surface area contributed by atoms with Crippen LogP contribution in [0.15, 0.2) is 15.8 Å². The molecular weight excluding hydrogens is 308 g/mol. The smallest absolute Gasteiger partial charge is 0.331 e. The van der Waals surface area contributed by atoms with Crippen molar-refractivity contribution in [1.82, 2.24) is 14.0 Å². The zero-order valence-corrected chi connectivity index (χ0v) is 14.1. The van der Waals surface area contributed by atoms with Crippen LogP contribution >= 0.6 is 0 Å². The van der Waals surface area contributed by atoms with Gasteiger partial charge in [-0.15, -0.1) is 0 Å². The summed E-state index contributed by atoms with van der Waals surface area (Å²) >= 11 is 0. The van der Waals surface area contributed by atoms with E-state index in [0.29, 0.717) is 24.9 Å². The molecule has 1 saturated heterocycles. The Morgan fingerprint density at radius 1 is 1.25 bits per heavy atom. The number of carbonyl (C=O) groups is 1. The Labute approximate surface area is 140 Å². The van der Waals surface area contributed by atoms with Crippen molar-refractivity contribution in [3.63, 3.8) is 0 Å². The van der Waals surface area contributed by atoms with Crippen LogP contribution in [0, 0.1) is 23.2 Å². The number of hydrogen-bond donors (Lipinski definition) is 0. The first-order chi connectivity index (χ1) is 11.4. The Morgan fingerprint density at radius 2 is 1.88 bits per heavy atom. The van der Waals surface area contributed by atoms with Crippen molar-refractivity contribution >= 4 is 5.91 Å². The van der Waals surface area contributed by atoms with Crippen LogP contribution in [-0.4, -0.2) is 33.0 Å². The Balaban J connectivity index is 1.91. The van der Waals surface area contributed by atoms with Crippen LogP contribution in [0.3, 0.4) is 0 Å². The molecule has 2 aliphatic rings. The lowest BCUT2D eigenvalue weighted by Crippen LogP contribution is -2.48. The van der Waals surface area contributed by atoms with Crippen molar-refractivity contribution < 1.29 is 4.79 Å². The van der Waals surface area contributed by atoms with Gasteiger partial charge in [0.05, 0.1) is 0 Å². The highest BCUT2D eigenvalue weighted by molar-refractivity contribution is 5.76. The largest absolute Gasteiger partial charge is 0.341 e. The maximum atomic E-state index is 12.6. The van der Waals surface area contributed by atoms with Crippen LogP contribution in [0.25, 0.3) is 0 Å². The molecule has 128 valence electrons. The second kappa shape index (κ2) is 6.27. The number of likely N-dealkylation sites (tertiary alicyclic amines) is 1. The molecule has 1 aromatic heterocycles. The predicted octanol–water partition coefficient (Wildman–Crippen LogP) is 0.721. The highest BCUT2D eigenvalue weighted by Gasteiger charge is 2.29. The highest BCUT2D eigenvalue weighted by Crippen LogP contribution is 2.33. The maximum Gasteiger partial charge on any atom is 0.331 e. The van der Waals surface area contributed by atoms with Gasteiger partial charge < -0.3 is 4.90 Å². The molecule has 0 N–H and O–H groups in total. The van der Waals surface area contributed by atoms with Gasteiger partial charge in [0, 0.05) is 25.3 Å². The van der Waals surface area contributed by atoms with Gasteiger partial charge in [-0.05, 0) is 31.1 Å². The van der Waals surface area contributed by atoms with Gasteiger partial charge in [-0.2, -0.15) is 5.26 Å². The van der Waals surface area contributed by atoms with Crippen molar-refractivity contribution in [2.45, 2.75) is 45.7 Å². The summed E-state index contributed by atoms with van der Waals surface area (Å²) in [4.78, 5) is 39.2. The standard InChI is InChI=1S/C17H22N4O3/c1-11-5-12(2)8-19(7-11)15(22)10-21-16(23)13(6-18)9-20(17(21)24)14-3-4-14/h9,11-12,14H,3-5,7-8,10H2,1-2H3. The molecule has 0 aromatic carbocycles. The molecule has 1 amide bonds. The van der Waals surface area contributed by atoms with E-state index in [9.17, 15) is 14.4 Å². The quantitative estimate of drug-likeness (QED) is 0.817. The minimum Gasteiger partial charge on any atom is -0.341 e. The zero-order valence-electron chi connectivity index (χ0n) is 14.1. The fourth-order valence-electron chi connectivity index (χ4n) is 3.55. The lowest BCUT2D eigenvalue weighted by Gasteiger charge is -2.35. The highest BCUT2D eigenvalue weighted by atomic mass is 16.2. The van der Waals surface area contributed by atoms with Crippen molar-refractivity contribution in [3.8, 4) is 6.07 Å². The van der Waals surface area contributed by atoms with Gasteiger partial charge in [0.2, 0.25) is 5.91 Å². The molecule has 7 heteroatoms. The van der Waals surface area contributed by atoms with Crippen LogP contribution in [0.2, 0.25) is 0 Å². The maximum absolute atomic E-state index is 12.6. The molecule has 1 aliphatic carbocycles. The Bertz CT molecular complexity index is 803. The average molecular weight is 330 g/mol. The topological polar surface area (TPSA) is 88.1 Å². The summed E-state index contributed by atoms with van der Waals surface area (Å²) < 4.78 is 2.35. The van der Waals surface area contributed by atoms with Gasteiger partial charge in [-0.3, -0.25) is 14.2 Å². The lowest BCUT2D eigenvalue weighted by atomic mass is 9.92. The number of carbonyl (C=O) groups excluding carboxylic acids is 1. The van der Waals surface area contributed by atoms with Crippen LogP contribution in [0.1, 0.15) is 44.7 Å². The molecule has 0 bridgehead atoms. The second-order valence-electron chi connectivity index (χ2n) is 7.21. The minimum absolute atomic E-state index is 0.0431. The molecule has 0 radical (unpaired) electrons. The molecular formula is C17H22N4O3. The van der Waals surface area contributed by atoms with Crippen LogP contribution in [0.4, 0.5) is 0 Å². The third-order valence-electron chi connectivity index (χ3n) is 4.77. The van der Waals surface area contributed by atoms with Crippen LogP contribution in [0.5, 0.6) is 0 Å². The first kappa shape index (κ1) is 16.5. The van der Waals surface area contributed by atoms with E-state index < -0.39 is 11.2 Å². The van der Waals surface area contributed by atoms with Gasteiger partial charge in [0.25, 0.3) is 5.56 Å². The van der Waals surface area contributed by atoms with Crippen molar-refractivity contribution in [1.29, 1.82) is 5.26 Å². The molecule has 7 nitrogen and oxygen atoms in total. The van der Waals surface area contributed by atoms with E-state index in [1.54, 1.807) is 4.90 Å². The van der Waals surface area contributed by atoms with E-state index in [0.717, 1.165) is 23.8 Å². The molecule has 2 heterocycles. The van der Waals surface area contributed by atoms with Gasteiger partial charge in [-0.25, -0.2) is 9.36 Å². The van der Waals surface area contributed by atoms with Gasteiger partial charge in [0.1, 0.15) is 18.2 Å². The molecule has 3 rings (SSSR count). The summed E-state index contributed by atoms with van der Waals surface area (Å²) in [6.45, 7) is 5.19. The predicted molar refractivity (Wildman–Crippen MR) is 87.5 cm³/mol. The molecule has 2 unspecified atom stereocenters.